The van der Waals surface area contributed by atoms with Gasteiger partial charge < -0.3 is 9.77 Å². The van der Waals surface area contributed by atoms with Crippen LogP contribution in [-0.4, -0.2) is 9.77 Å². The van der Waals surface area contributed by atoms with E-state index in [4.69, 9.17) is 16.8 Å². The molecule has 0 radical (unpaired) electrons. The molecule has 1 aliphatic rings. The maximum atomic E-state index is 9.06. The molecule has 2 heterocycles. The molecule has 3 nitrogen and oxygen atoms in total. The van der Waals surface area contributed by atoms with Crippen LogP contribution in [0.4, 0.5) is 0 Å². The standard InChI is InChI=1S/C11H11ClN2O/c12-8-2-1-7-5-9-3-4-11(13-15)14(9)10(7)6-8/h1-2,5-6,11,13,15H,3-4H2. The highest BCUT2D eigenvalue weighted by atomic mass is 35.5. The molecule has 1 aromatic heterocycles. The summed E-state index contributed by atoms with van der Waals surface area (Å²) in [4.78, 5) is 0. The van der Waals surface area contributed by atoms with Crippen LogP contribution in [-0.2, 0) is 6.42 Å². The Kier molecular flexibility index (Phi) is 1.99. The van der Waals surface area contributed by atoms with Gasteiger partial charge in [0.2, 0.25) is 0 Å². The van der Waals surface area contributed by atoms with E-state index in [0.29, 0.717) is 0 Å². The molecule has 0 saturated heterocycles. The molecule has 0 fully saturated rings. The second-order valence-electron chi connectivity index (χ2n) is 3.89. The van der Waals surface area contributed by atoms with Gasteiger partial charge >= 0.3 is 0 Å². The van der Waals surface area contributed by atoms with Gasteiger partial charge in [-0.2, -0.15) is 5.48 Å². The molecule has 0 saturated carbocycles. The summed E-state index contributed by atoms with van der Waals surface area (Å²) in [6.07, 6.45) is 1.90. The number of hydroxylamine groups is 1. The minimum Gasteiger partial charge on any atom is -0.326 e. The summed E-state index contributed by atoms with van der Waals surface area (Å²) in [7, 11) is 0. The highest BCUT2D eigenvalue weighted by Crippen LogP contribution is 2.32. The highest BCUT2D eigenvalue weighted by molar-refractivity contribution is 6.31. The Morgan fingerprint density at radius 1 is 1.40 bits per heavy atom. The third kappa shape index (κ3) is 1.28. The van der Waals surface area contributed by atoms with E-state index >= 15 is 0 Å². The van der Waals surface area contributed by atoms with Crippen molar-refractivity contribution in [2.75, 3.05) is 0 Å². The maximum absolute atomic E-state index is 9.06. The fourth-order valence-electron chi connectivity index (χ4n) is 2.35. The third-order valence-corrected chi connectivity index (χ3v) is 3.25. The van der Waals surface area contributed by atoms with Crippen molar-refractivity contribution in [3.8, 4) is 0 Å². The van der Waals surface area contributed by atoms with Gasteiger partial charge in [0.25, 0.3) is 0 Å². The lowest BCUT2D eigenvalue weighted by molar-refractivity contribution is 0.0999. The number of rotatable bonds is 1. The van der Waals surface area contributed by atoms with Crippen LogP contribution in [0.3, 0.4) is 0 Å². The fraction of sp³-hybridized carbons (Fsp3) is 0.273. The largest absolute Gasteiger partial charge is 0.326 e. The van der Waals surface area contributed by atoms with E-state index in [1.165, 1.54) is 11.1 Å². The van der Waals surface area contributed by atoms with Crippen LogP contribution in [0.2, 0.25) is 5.02 Å². The second kappa shape index (κ2) is 3.23. The lowest BCUT2D eigenvalue weighted by Gasteiger charge is -2.12. The van der Waals surface area contributed by atoms with E-state index in [1.807, 2.05) is 18.2 Å². The first-order valence-electron chi connectivity index (χ1n) is 4.98. The summed E-state index contributed by atoms with van der Waals surface area (Å²) < 4.78 is 2.11. The number of fused-ring (bicyclic) bond motifs is 3. The number of aryl methyl sites for hydroxylation is 1. The molecule has 0 bridgehead atoms. The van der Waals surface area contributed by atoms with Crippen molar-refractivity contribution >= 4 is 22.5 Å². The van der Waals surface area contributed by atoms with Gasteiger partial charge in [-0.25, -0.2) is 0 Å². The minimum atomic E-state index is -0.0176. The van der Waals surface area contributed by atoms with Gasteiger partial charge in [0.05, 0.1) is 5.52 Å². The predicted molar refractivity (Wildman–Crippen MR) is 59.2 cm³/mol. The number of nitrogens with one attached hydrogen (secondary N) is 1. The van der Waals surface area contributed by atoms with Crippen LogP contribution in [0.25, 0.3) is 10.9 Å². The number of nitrogens with zero attached hydrogens (tertiary/aromatic N) is 1. The Bertz CT molecular complexity index is 521. The molecule has 1 atom stereocenters. The number of hydrogen-bond donors (Lipinski definition) is 2. The third-order valence-electron chi connectivity index (χ3n) is 3.02. The second-order valence-corrected chi connectivity index (χ2v) is 4.33. The number of halogens is 1. The summed E-state index contributed by atoms with van der Waals surface area (Å²) in [5, 5.41) is 11.0. The Morgan fingerprint density at radius 3 is 3.07 bits per heavy atom. The van der Waals surface area contributed by atoms with Crippen molar-refractivity contribution in [3.63, 3.8) is 0 Å². The predicted octanol–water partition coefficient (Wildman–Crippen LogP) is 2.72. The molecule has 0 spiro atoms. The molecule has 2 aromatic rings. The average molecular weight is 223 g/mol. The molecule has 2 N–H and O–H groups in total. The first-order chi connectivity index (χ1) is 7.29. The summed E-state index contributed by atoms with van der Waals surface area (Å²) in [5.74, 6) is 0. The van der Waals surface area contributed by atoms with Gasteiger partial charge in [0.15, 0.2) is 0 Å². The average Bonchev–Trinajstić information content (AvgIpc) is 2.76. The number of benzene rings is 1. The van der Waals surface area contributed by atoms with E-state index < -0.39 is 0 Å². The first-order valence-corrected chi connectivity index (χ1v) is 5.36. The molecule has 1 aromatic carbocycles. The van der Waals surface area contributed by atoms with Crippen LogP contribution in [0.1, 0.15) is 18.3 Å². The zero-order valence-corrected chi connectivity index (χ0v) is 8.83. The zero-order chi connectivity index (χ0) is 10.4. The molecule has 3 rings (SSSR count). The van der Waals surface area contributed by atoms with Gasteiger partial charge in [-0.15, -0.1) is 0 Å². The Labute approximate surface area is 92.2 Å². The molecule has 0 amide bonds. The molecule has 1 unspecified atom stereocenters. The van der Waals surface area contributed by atoms with E-state index in [1.54, 1.807) is 0 Å². The summed E-state index contributed by atoms with van der Waals surface area (Å²) in [6, 6.07) is 8.00. The Balaban J connectivity index is 2.29. The van der Waals surface area contributed by atoms with Crippen molar-refractivity contribution < 1.29 is 5.21 Å². The van der Waals surface area contributed by atoms with Crippen LogP contribution >= 0.6 is 11.6 Å². The maximum Gasteiger partial charge on any atom is 0.107 e. The molecule has 78 valence electrons. The smallest absolute Gasteiger partial charge is 0.107 e. The van der Waals surface area contributed by atoms with E-state index in [9.17, 15) is 0 Å². The van der Waals surface area contributed by atoms with Crippen molar-refractivity contribution in [2.24, 2.45) is 0 Å². The molecule has 1 aliphatic heterocycles. The summed E-state index contributed by atoms with van der Waals surface area (Å²) in [5.41, 5.74) is 4.67. The van der Waals surface area contributed by atoms with Crippen molar-refractivity contribution in [2.45, 2.75) is 19.0 Å². The highest BCUT2D eigenvalue weighted by Gasteiger charge is 2.23. The molecule has 15 heavy (non-hydrogen) atoms. The summed E-state index contributed by atoms with van der Waals surface area (Å²) in [6.45, 7) is 0. The fourth-order valence-corrected chi connectivity index (χ4v) is 2.51. The Hall–Kier alpha value is -1.03. The van der Waals surface area contributed by atoms with Gasteiger partial charge in [-0.3, -0.25) is 0 Å². The van der Waals surface area contributed by atoms with E-state index in [2.05, 4.69) is 16.1 Å². The number of aromatic nitrogens is 1. The quantitative estimate of drug-likeness (QED) is 0.728. The Morgan fingerprint density at radius 2 is 2.27 bits per heavy atom. The number of hydrogen-bond acceptors (Lipinski definition) is 2. The van der Waals surface area contributed by atoms with Crippen LogP contribution in [0.5, 0.6) is 0 Å². The molecular weight excluding hydrogens is 212 g/mol. The molecular formula is C11H11ClN2O. The lowest BCUT2D eigenvalue weighted by atomic mass is 10.2. The van der Waals surface area contributed by atoms with Crippen LogP contribution in [0, 0.1) is 0 Å². The van der Waals surface area contributed by atoms with Gasteiger partial charge in [-0.05, 0) is 31.0 Å². The normalized spacial score (nSPS) is 19.7. The van der Waals surface area contributed by atoms with Crippen LogP contribution < -0.4 is 5.48 Å². The minimum absolute atomic E-state index is 0.0176. The first kappa shape index (κ1) is 9.21. The SMILES string of the molecule is ONC1CCc2cc3ccc(Cl)cc3n21. The van der Waals surface area contributed by atoms with Crippen molar-refractivity contribution in [1.82, 2.24) is 10.0 Å². The zero-order valence-electron chi connectivity index (χ0n) is 8.07. The summed E-state index contributed by atoms with van der Waals surface area (Å²) >= 11 is 5.97. The van der Waals surface area contributed by atoms with Gasteiger partial charge in [0.1, 0.15) is 6.17 Å². The van der Waals surface area contributed by atoms with E-state index in [-0.39, 0.29) is 6.17 Å². The van der Waals surface area contributed by atoms with Crippen molar-refractivity contribution in [1.29, 1.82) is 0 Å². The molecule has 0 aliphatic carbocycles. The van der Waals surface area contributed by atoms with Gasteiger partial charge in [-0.1, -0.05) is 17.7 Å². The van der Waals surface area contributed by atoms with Crippen molar-refractivity contribution in [3.05, 3.63) is 35.0 Å². The van der Waals surface area contributed by atoms with E-state index in [0.717, 1.165) is 23.4 Å². The lowest BCUT2D eigenvalue weighted by Crippen LogP contribution is -2.19. The van der Waals surface area contributed by atoms with Crippen LogP contribution in [0.15, 0.2) is 24.3 Å². The molecule has 4 heteroatoms. The monoisotopic (exact) mass is 222 g/mol. The topological polar surface area (TPSA) is 37.2 Å². The van der Waals surface area contributed by atoms with Gasteiger partial charge in [0, 0.05) is 16.1 Å².